The maximum absolute atomic E-state index is 13.1. The predicted octanol–water partition coefficient (Wildman–Crippen LogP) is 3.65. The van der Waals surface area contributed by atoms with E-state index in [2.05, 4.69) is 34.2 Å². The van der Waals surface area contributed by atoms with Crippen LogP contribution in [0.3, 0.4) is 0 Å². The number of carbonyl (C=O) groups excluding carboxylic acids is 2. The summed E-state index contributed by atoms with van der Waals surface area (Å²) in [5.74, 6) is 0.0994. The van der Waals surface area contributed by atoms with Crippen LogP contribution in [0.2, 0.25) is 0 Å². The normalized spacial score (nSPS) is 11.0. The summed E-state index contributed by atoms with van der Waals surface area (Å²) in [5.41, 5.74) is 1.69. The van der Waals surface area contributed by atoms with Crippen LogP contribution in [-0.2, 0) is 6.42 Å². The van der Waals surface area contributed by atoms with Crippen LogP contribution in [0.1, 0.15) is 46.8 Å². The van der Waals surface area contributed by atoms with Crippen molar-refractivity contribution in [2.45, 2.75) is 26.7 Å². The third-order valence-electron chi connectivity index (χ3n) is 5.80. The van der Waals surface area contributed by atoms with Gasteiger partial charge in [-0.25, -0.2) is 4.39 Å². The molecule has 0 aliphatic carbocycles. The van der Waals surface area contributed by atoms with Gasteiger partial charge in [-0.05, 0) is 74.6 Å². The van der Waals surface area contributed by atoms with E-state index in [0.717, 1.165) is 26.1 Å². The number of hydrogen-bond donors (Lipinski definition) is 1. The van der Waals surface area contributed by atoms with Gasteiger partial charge in [0.15, 0.2) is 5.82 Å². The zero-order valence-corrected chi connectivity index (χ0v) is 20.5. The minimum Gasteiger partial charge on any atom is -0.352 e. The molecule has 1 heterocycles. The van der Waals surface area contributed by atoms with Gasteiger partial charge in [-0.1, -0.05) is 19.0 Å². The average molecular weight is 482 g/mol. The standard InChI is InChI=1S/C26H32FN5O3/c1-4-32(5-2)17-6-16-28-24(33)19-7-9-20(10-8-19)25-29-23(30-35-25)15-18-31(3)26(34)21-11-13-22(27)14-12-21/h7-14H,4-6,15-18H2,1-3H3,(H,28,33). The number of aromatic nitrogens is 2. The zero-order chi connectivity index (χ0) is 25.2. The molecule has 0 spiro atoms. The van der Waals surface area contributed by atoms with Crippen molar-refractivity contribution in [1.82, 2.24) is 25.3 Å². The molecule has 2 amide bonds. The molecule has 8 nitrogen and oxygen atoms in total. The summed E-state index contributed by atoms with van der Waals surface area (Å²) in [4.78, 5) is 33.1. The van der Waals surface area contributed by atoms with Gasteiger partial charge in [-0.2, -0.15) is 4.98 Å². The molecule has 1 aromatic heterocycles. The highest BCUT2D eigenvalue weighted by molar-refractivity contribution is 5.94. The van der Waals surface area contributed by atoms with Crippen LogP contribution in [0.15, 0.2) is 53.1 Å². The van der Waals surface area contributed by atoms with Crippen LogP contribution in [0.25, 0.3) is 11.5 Å². The lowest BCUT2D eigenvalue weighted by molar-refractivity contribution is 0.0795. The molecule has 1 N–H and O–H groups in total. The molecule has 35 heavy (non-hydrogen) atoms. The van der Waals surface area contributed by atoms with Crippen LogP contribution < -0.4 is 5.32 Å². The van der Waals surface area contributed by atoms with Crippen molar-refractivity contribution in [1.29, 1.82) is 0 Å². The van der Waals surface area contributed by atoms with E-state index in [1.807, 2.05) is 0 Å². The Hall–Kier alpha value is -3.59. The number of halogens is 1. The molecule has 0 fully saturated rings. The minimum absolute atomic E-state index is 0.115. The summed E-state index contributed by atoms with van der Waals surface area (Å²) in [6, 6.07) is 12.4. The summed E-state index contributed by atoms with van der Waals surface area (Å²) in [6.45, 7) is 8.24. The highest BCUT2D eigenvalue weighted by Crippen LogP contribution is 2.18. The summed E-state index contributed by atoms with van der Waals surface area (Å²) >= 11 is 0. The Kier molecular flexibility index (Phi) is 9.48. The molecular weight excluding hydrogens is 449 g/mol. The molecule has 0 saturated heterocycles. The van der Waals surface area contributed by atoms with Crippen LogP contribution in [-0.4, -0.2) is 71.5 Å². The first kappa shape index (κ1) is 26.0. The SMILES string of the molecule is CCN(CC)CCCNC(=O)c1ccc(-c2nc(CCN(C)C(=O)c3ccc(F)cc3)no2)cc1. The second kappa shape index (κ2) is 12.8. The number of rotatable bonds is 12. The number of likely N-dealkylation sites (N-methyl/N-ethyl adjacent to an activating group) is 1. The predicted molar refractivity (Wildman–Crippen MR) is 132 cm³/mol. The summed E-state index contributed by atoms with van der Waals surface area (Å²) < 4.78 is 18.4. The quantitative estimate of drug-likeness (QED) is 0.397. The molecule has 0 atom stereocenters. The smallest absolute Gasteiger partial charge is 0.257 e. The largest absolute Gasteiger partial charge is 0.352 e. The van der Waals surface area contributed by atoms with E-state index in [1.165, 1.54) is 29.2 Å². The van der Waals surface area contributed by atoms with Gasteiger partial charge < -0.3 is 19.6 Å². The van der Waals surface area contributed by atoms with E-state index in [-0.39, 0.29) is 17.6 Å². The highest BCUT2D eigenvalue weighted by Gasteiger charge is 2.15. The third-order valence-corrected chi connectivity index (χ3v) is 5.80. The summed E-state index contributed by atoms with van der Waals surface area (Å²) in [5, 5.41) is 6.94. The minimum atomic E-state index is -0.386. The number of nitrogens with one attached hydrogen (secondary N) is 1. The molecule has 0 radical (unpaired) electrons. The molecule has 0 saturated carbocycles. The van der Waals surface area contributed by atoms with E-state index < -0.39 is 0 Å². The van der Waals surface area contributed by atoms with Gasteiger partial charge in [0.1, 0.15) is 5.82 Å². The van der Waals surface area contributed by atoms with Crippen molar-refractivity contribution in [2.24, 2.45) is 0 Å². The number of carbonyl (C=O) groups is 2. The molecular formula is C26H32FN5O3. The van der Waals surface area contributed by atoms with Crippen LogP contribution >= 0.6 is 0 Å². The van der Waals surface area contributed by atoms with Gasteiger partial charge in [-0.15, -0.1) is 0 Å². The fraction of sp³-hybridized carbons (Fsp3) is 0.385. The van der Waals surface area contributed by atoms with E-state index in [1.54, 1.807) is 31.3 Å². The lowest BCUT2D eigenvalue weighted by atomic mass is 10.1. The van der Waals surface area contributed by atoms with Crippen molar-refractivity contribution in [3.63, 3.8) is 0 Å². The zero-order valence-electron chi connectivity index (χ0n) is 20.5. The Bertz CT molecular complexity index is 1090. The molecule has 0 aliphatic rings. The van der Waals surface area contributed by atoms with Gasteiger partial charge in [0.2, 0.25) is 0 Å². The van der Waals surface area contributed by atoms with Gasteiger partial charge in [0, 0.05) is 43.2 Å². The molecule has 0 bridgehead atoms. The van der Waals surface area contributed by atoms with Crippen molar-refractivity contribution >= 4 is 11.8 Å². The number of benzene rings is 2. The molecule has 186 valence electrons. The fourth-order valence-electron chi connectivity index (χ4n) is 3.57. The van der Waals surface area contributed by atoms with Gasteiger partial charge >= 0.3 is 0 Å². The Morgan fingerprint density at radius 3 is 2.29 bits per heavy atom. The number of amides is 2. The molecule has 2 aromatic carbocycles. The molecule has 3 aromatic rings. The Morgan fingerprint density at radius 1 is 0.971 bits per heavy atom. The van der Waals surface area contributed by atoms with Gasteiger partial charge in [0.25, 0.3) is 17.7 Å². The first-order chi connectivity index (χ1) is 16.9. The van der Waals surface area contributed by atoms with Crippen LogP contribution in [0.5, 0.6) is 0 Å². The third kappa shape index (κ3) is 7.45. The first-order valence-corrected chi connectivity index (χ1v) is 11.9. The second-order valence-corrected chi connectivity index (χ2v) is 8.21. The highest BCUT2D eigenvalue weighted by atomic mass is 19.1. The Morgan fingerprint density at radius 2 is 1.63 bits per heavy atom. The Labute approximate surface area is 205 Å². The van der Waals surface area contributed by atoms with Crippen molar-refractivity contribution < 1.29 is 18.5 Å². The topological polar surface area (TPSA) is 91.6 Å². The van der Waals surface area contributed by atoms with E-state index in [9.17, 15) is 14.0 Å². The van der Waals surface area contributed by atoms with Crippen LogP contribution in [0.4, 0.5) is 4.39 Å². The molecule has 3 rings (SSSR count). The second-order valence-electron chi connectivity index (χ2n) is 8.21. The lowest BCUT2D eigenvalue weighted by Crippen LogP contribution is -2.29. The first-order valence-electron chi connectivity index (χ1n) is 11.9. The summed E-state index contributed by atoms with van der Waals surface area (Å²) in [7, 11) is 1.67. The molecule has 0 unspecified atom stereocenters. The van der Waals surface area contributed by atoms with E-state index >= 15 is 0 Å². The molecule has 0 aliphatic heterocycles. The fourth-order valence-corrected chi connectivity index (χ4v) is 3.57. The molecule has 9 heteroatoms. The van der Waals surface area contributed by atoms with Crippen molar-refractivity contribution in [3.8, 4) is 11.5 Å². The summed E-state index contributed by atoms with van der Waals surface area (Å²) in [6.07, 6.45) is 1.31. The maximum Gasteiger partial charge on any atom is 0.257 e. The maximum atomic E-state index is 13.1. The number of nitrogens with zero attached hydrogens (tertiary/aromatic N) is 4. The monoisotopic (exact) mass is 481 g/mol. The van der Waals surface area contributed by atoms with Gasteiger partial charge in [-0.3, -0.25) is 9.59 Å². The van der Waals surface area contributed by atoms with Crippen molar-refractivity contribution in [3.05, 3.63) is 71.3 Å². The number of hydrogen-bond acceptors (Lipinski definition) is 6. The van der Waals surface area contributed by atoms with E-state index in [4.69, 9.17) is 4.52 Å². The van der Waals surface area contributed by atoms with Crippen LogP contribution in [0, 0.1) is 5.82 Å². The van der Waals surface area contributed by atoms with Crippen molar-refractivity contribution in [2.75, 3.05) is 39.8 Å². The Balaban J connectivity index is 1.48. The average Bonchev–Trinajstić information content (AvgIpc) is 3.36. The van der Waals surface area contributed by atoms with E-state index in [0.29, 0.717) is 47.9 Å². The van der Waals surface area contributed by atoms with Gasteiger partial charge in [0.05, 0.1) is 0 Å². The lowest BCUT2D eigenvalue weighted by Gasteiger charge is -2.17.